The zero-order valence-electron chi connectivity index (χ0n) is 10.5. The van der Waals surface area contributed by atoms with Crippen LogP contribution in [0.4, 0.5) is 0 Å². The third-order valence-corrected chi connectivity index (χ3v) is 2.70. The van der Waals surface area contributed by atoms with Gasteiger partial charge >= 0.3 is 0 Å². The molecule has 0 spiro atoms. The van der Waals surface area contributed by atoms with E-state index in [1.807, 2.05) is 36.4 Å². The van der Waals surface area contributed by atoms with Crippen LogP contribution in [-0.4, -0.2) is 15.0 Å². The number of aromatic nitrogens is 3. The van der Waals surface area contributed by atoms with Gasteiger partial charge in [-0.2, -0.15) is 0 Å². The number of benzene rings is 1. The molecule has 3 nitrogen and oxygen atoms in total. The van der Waals surface area contributed by atoms with E-state index in [1.165, 1.54) is 5.56 Å². The fourth-order valence-electron chi connectivity index (χ4n) is 1.68. The highest BCUT2D eigenvalue weighted by atomic mass is 14.9. The van der Waals surface area contributed by atoms with Crippen molar-refractivity contribution < 1.29 is 0 Å². The zero-order valence-corrected chi connectivity index (χ0v) is 10.5. The molecule has 0 bridgehead atoms. The van der Waals surface area contributed by atoms with Crippen LogP contribution < -0.4 is 0 Å². The number of rotatable bonds is 0. The van der Waals surface area contributed by atoms with E-state index >= 15 is 0 Å². The first-order chi connectivity index (χ1) is 9.31. The van der Waals surface area contributed by atoms with Crippen LogP contribution in [0.15, 0.2) is 48.8 Å². The SMILES string of the molecule is Cc1ccc(C#Cc2cnc3cccnc3n2)cc1. The van der Waals surface area contributed by atoms with Crippen molar-refractivity contribution in [1.82, 2.24) is 15.0 Å². The third kappa shape index (κ3) is 2.58. The standard InChI is InChI=1S/C16H11N3/c1-12-4-6-13(7-5-12)8-9-14-11-18-15-3-2-10-17-16(15)19-14/h2-7,10-11H,1H3. The van der Waals surface area contributed by atoms with Crippen molar-refractivity contribution in [3.8, 4) is 11.8 Å². The summed E-state index contributed by atoms with van der Waals surface area (Å²) in [6.07, 6.45) is 3.37. The fourth-order valence-corrected chi connectivity index (χ4v) is 1.68. The van der Waals surface area contributed by atoms with E-state index in [0.717, 1.165) is 11.1 Å². The van der Waals surface area contributed by atoms with Crippen molar-refractivity contribution in [2.75, 3.05) is 0 Å². The summed E-state index contributed by atoms with van der Waals surface area (Å²) in [6.45, 7) is 2.05. The van der Waals surface area contributed by atoms with Crippen LogP contribution in [0, 0.1) is 18.8 Å². The predicted octanol–water partition coefficient (Wildman–Crippen LogP) is 2.73. The molecule has 2 heterocycles. The number of hydrogen-bond acceptors (Lipinski definition) is 3. The van der Waals surface area contributed by atoms with Crippen molar-refractivity contribution in [3.63, 3.8) is 0 Å². The van der Waals surface area contributed by atoms with Gasteiger partial charge in [0.05, 0.1) is 6.20 Å². The van der Waals surface area contributed by atoms with Gasteiger partial charge in [0.1, 0.15) is 11.2 Å². The van der Waals surface area contributed by atoms with E-state index in [0.29, 0.717) is 11.3 Å². The molecule has 0 atom stereocenters. The summed E-state index contributed by atoms with van der Waals surface area (Å²) in [5, 5.41) is 0. The minimum absolute atomic E-state index is 0.623. The molecule has 1 aromatic carbocycles. The Morgan fingerprint density at radius 3 is 2.63 bits per heavy atom. The van der Waals surface area contributed by atoms with Gasteiger partial charge in [-0.3, -0.25) is 0 Å². The Labute approximate surface area is 111 Å². The smallest absolute Gasteiger partial charge is 0.179 e. The van der Waals surface area contributed by atoms with Crippen molar-refractivity contribution in [3.05, 3.63) is 65.6 Å². The average Bonchev–Trinajstić information content (AvgIpc) is 2.46. The number of fused-ring (bicyclic) bond motifs is 1. The highest BCUT2D eigenvalue weighted by molar-refractivity contribution is 5.69. The van der Waals surface area contributed by atoms with Crippen molar-refractivity contribution >= 4 is 11.2 Å². The quantitative estimate of drug-likeness (QED) is 0.572. The molecule has 3 rings (SSSR count). The minimum atomic E-state index is 0.623. The summed E-state index contributed by atoms with van der Waals surface area (Å²) in [5.74, 6) is 6.08. The fraction of sp³-hybridized carbons (Fsp3) is 0.0625. The topological polar surface area (TPSA) is 38.7 Å². The molecule has 0 amide bonds. The molecule has 90 valence electrons. The lowest BCUT2D eigenvalue weighted by Gasteiger charge is -1.95. The van der Waals surface area contributed by atoms with Crippen LogP contribution in [0.2, 0.25) is 0 Å². The van der Waals surface area contributed by atoms with Gasteiger partial charge in [-0.05, 0) is 37.1 Å². The molecular formula is C16H11N3. The molecule has 0 saturated carbocycles. The van der Waals surface area contributed by atoms with Crippen LogP contribution in [0.5, 0.6) is 0 Å². The second-order valence-electron chi connectivity index (χ2n) is 4.22. The first kappa shape index (κ1) is 11.4. The number of hydrogen-bond donors (Lipinski definition) is 0. The van der Waals surface area contributed by atoms with E-state index in [-0.39, 0.29) is 0 Å². The maximum absolute atomic E-state index is 4.36. The lowest BCUT2D eigenvalue weighted by Crippen LogP contribution is -1.90. The van der Waals surface area contributed by atoms with Crippen LogP contribution in [0.3, 0.4) is 0 Å². The molecule has 3 heteroatoms. The molecule has 0 saturated heterocycles. The Morgan fingerprint density at radius 1 is 0.947 bits per heavy atom. The summed E-state index contributed by atoms with van der Waals surface area (Å²) >= 11 is 0. The number of aryl methyl sites for hydroxylation is 1. The Morgan fingerprint density at radius 2 is 1.79 bits per heavy atom. The maximum Gasteiger partial charge on any atom is 0.179 e. The van der Waals surface area contributed by atoms with Crippen LogP contribution in [-0.2, 0) is 0 Å². The Balaban J connectivity index is 1.95. The molecule has 2 aromatic heterocycles. The average molecular weight is 245 g/mol. The van der Waals surface area contributed by atoms with Gasteiger partial charge in [-0.15, -0.1) is 0 Å². The molecule has 19 heavy (non-hydrogen) atoms. The lowest BCUT2D eigenvalue weighted by atomic mass is 10.1. The van der Waals surface area contributed by atoms with Crippen LogP contribution in [0.1, 0.15) is 16.8 Å². The molecule has 0 unspecified atom stereocenters. The molecule has 0 radical (unpaired) electrons. The van der Waals surface area contributed by atoms with Crippen LogP contribution >= 0.6 is 0 Å². The molecule has 0 fully saturated rings. The van der Waals surface area contributed by atoms with E-state index < -0.39 is 0 Å². The normalized spacial score (nSPS) is 9.95. The second-order valence-corrected chi connectivity index (χ2v) is 4.22. The lowest BCUT2D eigenvalue weighted by molar-refractivity contribution is 1.20. The monoisotopic (exact) mass is 245 g/mol. The van der Waals surface area contributed by atoms with Gasteiger partial charge in [0.25, 0.3) is 0 Å². The molecule has 0 aliphatic rings. The maximum atomic E-state index is 4.36. The van der Waals surface area contributed by atoms with Gasteiger partial charge in [-0.1, -0.05) is 23.6 Å². The molecule has 3 aromatic rings. The van der Waals surface area contributed by atoms with E-state index in [9.17, 15) is 0 Å². The molecular weight excluding hydrogens is 234 g/mol. The van der Waals surface area contributed by atoms with Gasteiger partial charge in [0.15, 0.2) is 5.65 Å². The summed E-state index contributed by atoms with van der Waals surface area (Å²) in [7, 11) is 0. The third-order valence-electron chi connectivity index (χ3n) is 2.70. The van der Waals surface area contributed by atoms with Gasteiger partial charge < -0.3 is 0 Å². The van der Waals surface area contributed by atoms with E-state index in [4.69, 9.17) is 0 Å². The first-order valence-corrected chi connectivity index (χ1v) is 5.98. The van der Waals surface area contributed by atoms with E-state index in [2.05, 4.69) is 33.7 Å². The second kappa shape index (κ2) is 4.87. The summed E-state index contributed by atoms with van der Waals surface area (Å²) in [5.41, 5.74) is 4.22. The van der Waals surface area contributed by atoms with Gasteiger partial charge in [0, 0.05) is 11.8 Å². The largest absolute Gasteiger partial charge is 0.250 e. The highest BCUT2D eigenvalue weighted by Gasteiger charge is 1.97. The predicted molar refractivity (Wildman–Crippen MR) is 74.5 cm³/mol. The summed E-state index contributed by atoms with van der Waals surface area (Å²) in [6, 6.07) is 11.8. The Kier molecular flexibility index (Phi) is 2.91. The highest BCUT2D eigenvalue weighted by Crippen LogP contribution is 2.05. The number of nitrogens with zero attached hydrogens (tertiary/aromatic N) is 3. The van der Waals surface area contributed by atoms with Crippen molar-refractivity contribution in [1.29, 1.82) is 0 Å². The molecule has 0 aliphatic heterocycles. The van der Waals surface area contributed by atoms with Crippen LogP contribution in [0.25, 0.3) is 11.2 Å². The Bertz CT molecular complexity index is 780. The van der Waals surface area contributed by atoms with Crippen molar-refractivity contribution in [2.24, 2.45) is 0 Å². The number of pyridine rings is 1. The first-order valence-electron chi connectivity index (χ1n) is 5.98. The molecule has 0 N–H and O–H groups in total. The minimum Gasteiger partial charge on any atom is -0.250 e. The summed E-state index contributed by atoms with van der Waals surface area (Å²) < 4.78 is 0. The molecule has 0 aliphatic carbocycles. The van der Waals surface area contributed by atoms with Crippen molar-refractivity contribution in [2.45, 2.75) is 6.92 Å². The van der Waals surface area contributed by atoms with Gasteiger partial charge in [-0.25, -0.2) is 15.0 Å². The zero-order chi connectivity index (χ0) is 13.1. The summed E-state index contributed by atoms with van der Waals surface area (Å²) in [4.78, 5) is 12.8. The van der Waals surface area contributed by atoms with Gasteiger partial charge in [0.2, 0.25) is 0 Å². The van der Waals surface area contributed by atoms with E-state index in [1.54, 1.807) is 12.4 Å². The Hall–Kier alpha value is -2.73.